The summed E-state index contributed by atoms with van der Waals surface area (Å²) in [4.78, 5) is 22.0. The molecule has 2 unspecified atom stereocenters. The smallest absolute Gasteiger partial charge is 0.308 e. The van der Waals surface area contributed by atoms with Crippen molar-refractivity contribution in [3.63, 3.8) is 0 Å². The normalized spacial score (nSPS) is 13.5. The highest BCUT2D eigenvalue weighted by Crippen LogP contribution is 2.09. The molecule has 0 rings (SSSR count). The third-order valence-electron chi connectivity index (χ3n) is 3.30. The quantitative estimate of drug-likeness (QED) is 0.278. The molecule has 0 heterocycles. The van der Waals surface area contributed by atoms with Crippen molar-refractivity contribution in [3.05, 3.63) is 0 Å². The van der Waals surface area contributed by atoms with Crippen molar-refractivity contribution in [2.45, 2.75) is 91.1 Å². The number of hydrogen-bond donors (Lipinski definition) is 1. The van der Waals surface area contributed by atoms with Gasteiger partial charge in [0.1, 0.15) is 0 Å². The first-order valence-corrected chi connectivity index (χ1v) is 8.64. The average molecular weight is 332 g/mol. The molecular weight excluding hydrogens is 300 g/mol. The van der Waals surface area contributed by atoms with E-state index >= 15 is 0 Å². The molecule has 0 fully saturated rings. The summed E-state index contributed by atoms with van der Waals surface area (Å²) in [6, 6.07) is 0. The minimum Gasteiger partial charge on any atom is -0.481 e. The van der Waals surface area contributed by atoms with Crippen LogP contribution in [0.3, 0.4) is 0 Å². The second-order valence-electron chi connectivity index (χ2n) is 5.65. The van der Waals surface area contributed by atoms with E-state index in [1.54, 1.807) is 13.8 Å². The Kier molecular flexibility index (Phi) is 13.7. The standard InChI is InChI=1S/C17H32O6/c1-4-5-13-21-14(2)22-15(3)23-17(20)12-10-8-6-7-9-11-16(18)19/h14-15H,4-13H2,1-3H3,(H,18,19). The molecule has 0 bridgehead atoms. The zero-order valence-corrected chi connectivity index (χ0v) is 14.7. The van der Waals surface area contributed by atoms with Crippen LogP contribution in [0, 0.1) is 0 Å². The first kappa shape index (κ1) is 21.9. The summed E-state index contributed by atoms with van der Waals surface area (Å²) in [5.41, 5.74) is 0. The van der Waals surface area contributed by atoms with E-state index in [2.05, 4.69) is 6.92 Å². The topological polar surface area (TPSA) is 82.1 Å². The molecule has 0 saturated carbocycles. The molecule has 0 spiro atoms. The number of unbranched alkanes of at least 4 members (excludes halogenated alkanes) is 5. The molecule has 0 aromatic heterocycles. The second-order valence-corrected chi connectivity index (χ2v) is 5.65. The van der Waals surface area contributed by atoms with Crippen LogP contribution >= 0.6 is 0 Å². The number of carboxylic acids is 1. The maximum absolute atomic E-state index is 11.7. The van der Waals surface area contributed by atoms with E-state index in [1.807, 2.05) is 0 Å². The molecule has 0 aromatic carbocycles. The largest absolute Gasteiger partial charge is 0.481 e. The summed E-state index contributed by atoms with van der Waals surface area (Å²) in [7, 11) is 0. The lowest BCUT2D eigenvalue weighted by Crippen LogP contribution is -2.25. The van der Waals surface area contributed by atoms with Crippen molar-refractivity contribution >= 4 is 11.9 Å². The van der Waals surface area contributed by atoms with Crippen molar-refractivity contribution < 1.29 is 28.9 Å². The van der Waals surface area contributed by atoms with E-state index in [1.165, 1.54) is 0 Å². The van der Waals surface area contributed by atoms with Crippen LogP contribution in [0.1, 0.15) is 78.6 Å². The van der Waals surface area contributed by atoms with Gasteiger partial charge in [-0.25, -0.2) is 0 Å². The summed E-state index contributed by atoms with van der Waals surface area (Å²) >= 11 is 0. The first-order chi connectivity index (χ1) is 11.0. The van der Waals surface area contributed by atoms with Crippen molar-refractivity contribution in [2.75, 3.05) is 6.61 Å². The van der Waals surface area contributed by atoms with E-state index < -0.39 is 18.5 Å². The van der Waals surface area contributed by atoms with Gasteiger partial charge < -0.3 is 19.3 Å². The zero-order valence-electron chi connectivity index (χ0n) is 14.7. The number of esters is 1. The molecule has 1 N–H and O–H groups in total. The minimum atomic E-state index is -0.754. The Morgan fingerprint density at radius 2 is 1.52 bits per heavy atom. The Labute approximate surface area is 139 Å². The Morgan fingerprint density at radius 3 is 2.13 bits per heavy atom. The van der Waals surface area contributed by atoms with Gasteiger partial charge in [0.2, 0.25) is 6.29 Å². The maximum atomic E-state index is 11.7. The fourth-order valence-corrected chi connectivity index (χ4v) is 2.05. The molecule has 6 nitrogen and oxygen atoms in total. The highest BCUT2D eigenvalue weighted by atomic mass is 16.8. The third-order valence-corrected chi connectivity index (χ3v) is 3.30. The van der Waals surface area contributed by atoms with Crippen LogP contribution < -0.4 is 0 Å². The lowest BCUT2D eigenvalue weighted by Gasteiger charge is -2.19. The van der Waals surface area contributed by atoms with Crippen LogP contribution in [-0.2, 0) is 23.8 Å². The van der Waals surface area contributed by atoms with E-state index in [-0.39, 0.29) is 12.4 Å². The number of rotatable bonds is 15. The van der Waals surface area contributed by atoms with Gasteiger partial charge in [0.25, 0.3) is 0 Å². The van der Waals surface area contributed by atoms with Crippen LogP contribution in [-0.4, -0.2) is 36.2 Å². The molecule has 0 radical (unpaired) electrons. The third kappa shape index (κ3) is 15.5. The molecule has 0 aliphatic heterocycles. The van der Waals surface area contributed by atoms with Gasteiger partial charge in [0.05, 0.1) is 0 Å². The molecule has 0 amide bonds. The fourth-order valence-electron chi connectivity index (χ4n) is 2.05. The summed E-state index contributed by atoms with van der Waals surface area (Å²) in [5.74, 6) is -1.03. The minimum absolute atomic E-state index is 0.218. The van der Waals surface area contributed by atoms with Gasteiger partial charge in [-0.3, -0.25) is 9.59 Å². The Hall–Kier alpha value is -1.14. The number of carbonyl (C=O) groups excluding carboxylic acids is 1. The van der Waals surface area contributed by atoms with E-state index in [4.69, 9.17) is 19.3 Å². The van der Waals surface area contributed by atoms with Gasteiger partial charge in [0.15, 0.2) is 6.29 Å². The summed E-state index contributed by atoms with van der Waals surface area (Å²) in [6.07, 6.45) is 5.79. The van der Waals surface area contributed by atoms with Gasteiger partial charge in [-0.05, 0) is 33.1 Å². The summed E-state index contributed by atoms with van der Waals surface area (Å²) in [5, 5.41) is 8.51. The van der Waals surface area contributed by atoms with Crippen LogP contribution in [0.5, 0.6) is 0 Å². The molecule has 0 aliphatic rings. The van der Waals surface area contributed by atoms with Crippen molar-refractivity contribution in [3.8, 4) is 0 Å². The predicted octanol–water partition coefficient (Wildman–Crippen LogP) is 3.87. The SMILES string of the molecule is CCCCOC(C)OC(C)OC(=O)CCCCCCCC(=O)O. The van der Waals surface area contributed by atoms with Crippen LogP contribution in [0.2, 0.25) is 0 Å². The predicted molar refractivity (Wildman–Crippen MR) is 86.9 cm³/mol. The highest BCUT2D eigenvalue weighted by Gasteiger charge is 2.13. The highest BCUT2D eigenvalue weighted by molar-refractivity contribution is 5.69. The number of carbonyl (C=O) groups is 2. The molecule has 6 heteroatoms. The molecule has 0 aliphatic carbocycles. The molecule has 2 atom stereocenters. The maximum Gasteiger partial charge on any atom is 0.308 e. The summed E-state index contributed by atoms with van der Waals surface area (Å²) < 4.78 is 16.0. The first-order valence-electron chi connectivity index (χ1n) is 8.64. The van der Waals surface area contributed by atoms with Gasteiger partial charge in [0, 0.05) is 19.4 Å². The van der Waals surface area contributed by atoms with Crippen LogP contribution in [0.4, 0.5) is 0 Å². The molecule has 136 valence electrons. The van der Waals surface area contributed by atoms with Crippen LogP contribution in [0.25, 0.3) is 0 Å². The molecular formula is C17H32O6. The Morgan fingerprint density at radius 1 is 0.913 bits per heavy atom. The monoisotopic (exact) mass is 332 g/mol. The fraction of sp³-hybridized carbons (Fsp3) is 0.882. The van der Waals surface area contributed by atoms with Gasteiger partial charge in [-0.1, -0.05) is 32.6 Å². The van der Waals surface area contributed by atoms with Crippen molar-refractivity contribution in [1.82, 2.24) is 0 Å². The van der Waals surface area contributed by atoms with E-state index in [9.17, 15) is 9.59 Å². The van der Waals surface area contributed by atoms with Gasteiger partial charge >= 0.3 is 11.9 Å². The number of hydrogen-bond acceptors (Lipinski definition) is 5. The van der Waals surface area contributed by atoms with Crippen LogP contribution in [0.15, 0.2) is 0 Å². The lowest BCUT2D eigenvalue weighted by molar-refractivity contribution is -0.229. The van der Waals surface area contributed by atoms with E-state index in [0.29, 0.717) is 19.4 Å². The van der Waals surface area contributed by atoms with E-state index in [0.717, 1.165) is 38.5 Å². The second kappa shape index (κ2) is 14.5. The number of ether oxygens (including phenoxy) is 3. The number of aliphatic carboxylic acids is 1. The number of carboxylic acid groups (broad SMARTS) is 1. The van der Waals surface area contributed by atoms with Crippen molar-refractivity contribution in [2.24, 2.45) is 0 Å². The Balaban J connectivity index is 3.55. The van der Waals surface area contributed by atoms with Gasteiger partial charge in [-0.15, -0.1) is 0 Å². The van der Waals surface area contributed by atoms with Crippen molar-refractivity contribution in [1.29, 1.82) is 0 Å². The zero-order chi connectivity index (χ0) is 17.5. The van der Waals surface area contributed by atoms with Gasteiger partial charge in [-0.2, -0.15) is 0 Å². The molecule has 23 heavy (non-hydrogen) atoms. The summed E-state index contributed by atoms with van der Waals surface area (Å²) in [6.45, 7) is 6.20. The molecule has 0 aromatic rings. The Bertz CT molecular complexity index is 318. The lowest BCUT2D eigenvalue weighted by atomic mass is 10.1. The molecule has 0 saturated heterocycles. The average Bonchev–Trinajstić information content (AvgIpc) is 2.45.